The maximum Gasteiger partial charge on any atom is 0.274 e. The molecule has 1 N–H and O–H groups in total. The molecule has 27 heavy (non-hydrogen) atoms. The lowest BCUT2D eigenvalue weighted by molar-refractivity contribution is 0.0705. The third-order valence-corrected chi connectivity index (χ3v) is 4.48. The SMILES string of the molecule is O=C(c1cnccn1)N1CCC(c2ccnc(Nc3cncnc3)n2)CC1. The number of nitrogens with zero attached hydrogens (tertiary/aromatic N) is 7. The minimum atomic E-state index is -0.0735. The van der Waals surface area contributed by atoms with Crippen molar-refractivity contribution < 1.29 is 4.79 Å². The molecule has 4 rings (SSSR count). The van der Waals surface area contributed by atoms with Gasteiger partial charge in [-0.15, -0.1) is 0 Å². The molecule has 1 saturated heterocycles. The molecule has 1 aliphatic heterocycles. The van der Waals surface area contributed by atoms with Crippen molar-refractivity contribution in [3.63, 3.8) is 0 Å². The Morgan fingerprint density at radius 1 is 1.00 bits per heavy atom. The lowest BCUT2D eigenvalue weighted by Crippen LogP contribution is -2.38. The summed E-state index contributed by atoms with van der Waals surface area (Å²) in [6.45, 7) is 1.33. The summed E-state index contributed by atoms with van der Waals surface area (Å²) in [4.78, 5) is 39.2. The fourth-order valence-corrected chi connectivity index (χ4v) is 3.10. The Morgan fingerprint density at radius 2 is 1.81 bits per heavy atom. The van der Waals surface area contributed by atoms with E-state index in [0.29, 0.717) is 24.7 Å². The van der Waals surface area contributed by atoms with E-state index in [1.165, 1.54) is 18.7 Å². The van der Waals surface area contributed by atoms with Crippen molar-refractivity contribution >= 4 is 17.5 Å². The highest BCUT2D eigenvalue weighted by molar-refractivity contribution is 5.92. The second-order valence-corrected chi connectivity index (χ2v) is 6.21. The molecule has 0 saturated carbocycles. The van der Waals surface area contributed by atoms with Crippen molar-refractivity contribution in [2.45, 2.75) is 18.8 Å². The van der Waals surface area contributed by atoms with E-state index in [2.05, 4.69) is 35.2 Å². The maximum atomic E-state index is 12.5. The highest BCUT2D eigenvalue weighted by Gasteiger charge is 2.26. The number of anilines is 2. The first-order valence-corrected chi connectivity index (χ1v) is 8.70. The van der Waals surface area contributed by atoms with Gasteiger partial charge in [-0.3, -0.25) is 9.78 Å². The van der Waals surface area contributed by atoms with Crippen LogP contribution in [0.4, 0.5) is 11.6 Å². The zero-order valence-corrected chi connectivity index (χ0v) is 14.6. The number of aromatic nitrogens is 6. The summed E-state index contributed by atoms with van der Waals surface area (Å²) in [5.74, 6) is 0.725. The van der Waals surface area contributed by atoms with Crippen LogP contribution < -0.4 is 5.32 Å². The van der Waals surface area contributed by atoms with Gasteiger partial charge in [0.05, 0.1) is 24.3 Å². The number of likely N-dealkylation sites (tertiary alicyclic amines) is 1. The van der Waals surface area contributed by atoms with Gasteiger partial charge in [0.25, 0.3) is 5.91 Å². The molecule has 0 atom stereocenters. The summed E-state index contributed by atoms with van der Waals surface area (Å²) in [6.07, 6.45) is 12.8. The Balaban J connectivity index is 1.40. The fraction of sp³-hybridized carbons (Fsp3) is 0.278. The first-order valence-electron chi connectivity index (χ1n) is 8.70. The van der Waals surface area contributed by atoms with Crippen molar-refractivity contribution in [3.8, 4) is 0 Å². The molecule has 0 aliphatic carbocycles. The van der Waals surface area contributed by atoms with Gasteiger partial charge in [-0.25, -0.2) is 24.9 Å². The molecule has 1 amide bonds. The quantitative estimate of drug-likeness (QED) is 0.748. The molecule has 4 heterocycles. The number of carbonyl (C=O) groups is 1. The topological polar surface area (TPSA) is 110 Å². The second-order valence-electron chi connectivity index (χ2n) is 6.21. The summed E-state index contributed by atoms with van der Waals surface area (Å²) in [5.41, 5.74) is 2.09. The molecule has 136 valence electrons. The van der Waals surface area contributed by atoms with Crippen LogP contribution in [0.15, 0.2) is 49.6 Å². The summed E-state index contributed by atoms with van der Waals surface area (Å²) in [7, 11) is 0. The third kappa shape index (κ3) is 4.02. The van der Waals surface area contributed by atoms with Crippen molar-refractivity contribution in [2.24, 2.45) is 0 Å². The Hall–Kier alpha value is -3.49. The van der Waals surface area contributed by atoms with Crippen LogP contribution in [0, 0.1) is 0 Å². The van der Waals surface area contributed by atoms with Crippen LogP contribution in [0.1, 0.15) is 34.9 Å². The van der Waals surface area contributed by atoms with Crippen LogP contribution in [-0.2, 0) is 0 Å². The van der Waals surface area contributed by atoms with Crippen molar-refractivity contribution in [2.75, 3.05) is 18.4 Å². The minimum absolute atomic E-state index is 0.0735. The molecule has 0 aromatic carbocycles. The van der Waals surface area contributed by atoms with Gasteiger partial charge in [0.1, 0.15) is 12.0 Å². The molecule has 0 spiro atoms. The smallest absolute Gasteiger partial charge is 0.274 e. The van der Waals surface area contributed by atoms with E-state index in [4.69, 9.17) is 0 Å². The third-order valence-electron chi connectivity index (χ3n) is 4.48. The molecular formula is C18H18N8O. The average Bonchev–Trinajstić information content (AvgIpc) is 2.75. The van der Waals surface area contributed by atoms with Gasteiger partial charge in [0, 0.05) is 43.3 Å². The van der Waals surface area contributed by atoms with Crippen LogP contribution in [0.3, 0.4) is 0 Å². The van der Waals surface area contributed by atoms with Crippen LogP contribution in [0.25, 0.3) is 0 Å². The molecule has 3 aromatic heterocycles. The van der Waals surface area contributed by atoms with E-state index >= 15 is 0 Å². The predicted molar refractivity (Wildman–Crippen MR) is 97.3 cm³/mol. The molecule has 0 unspecified atom stereocenters. The zero-order valence-electron chi connectivity index (χ0n) is 14.6. The number of hydrogen-bond acceptors (Lipinski definition) is 8. The van der Waals surface area contributed by atoms with E-state index in [9.17, 15) is 4.79 Å². The minimum Gasteiger partial charge on any atom is -0.337 e. The van der Waals surface area contributed by atoms with E-state index in [1.807, 2.05) is 11.0 Å². The van der Waals surface area contributed by atoms with E-state index in [-0.39, 0.29) is 11.8 Å². The van der Waals surface area contributed by atoms with Gasteiger partial charge in [-0.05, 0) is 18.9 Å². The highest BCUT2D eigenvalue weighted by Crippen LogP contribution is 2.27. The number of hydrogen-bond donors (Lipinski definition) is 1. The van der Waals surface area contributed by atoms with Crippen LogP contribution in [0.5, 0.6) is 0 Å². The monoisotopic (exact) mass is 362 g/mol. The van der Waals surface area contributed by atoms with Crippen LogP contribution in [0.2, 0.25) is 0 Å². The number of rotatable bonds is 4. The first kappa shape index (κ1) is 17.0. The van der Waals surface area contributed by atoms with Gasteiger partial charge < -0.3 is 10.2 Å². The summed E-state index contributed by atoms with van der Waals surface area (Å²) < 4.78 is 0. The molecule has 1 fully saturated rings. The second kappa shape index (κ2) is 7.81. The Bertz CT molecular complexity index is 898. The fourth-order valence-electron chi connectivity index (χ4n) is 3.10. The van der Waals surface area contributed by atoms with Gasteiger partial charge in [-0.1, -0.05) is 0 Å². The molecule has 0 bridgehead atoms. The van der Waals surface area contributed by atoms with Crippen molar-refractivity contribution in [3.05, 3.63) is 61.0 Å². The number of carbonyl (C=O) groups excluding carboxylic acids is 1. The first-order chi connectivity index (χ1) is 13.3. The Labute approximate surface area is 156 Å². The van der Waals surface area contributed by atoms with Gasteiger partial charge >= 0.3 is 0 Å². The highest BCUT2D eigenvalue weighted by atomic mass is 16.2. The van der Waals surface area contributed by atoms with E-state index in [0.717, 1.165) is 24.2 Å². The van der Waals surface area contributed by atoms with Crippen LogP contribution in [-0.4, -0.2) is 53.8 Å². The summed E-state index contributed by atoms with van der Waals surface area (Å²) in [5, 5.41) is 3.10. The maximum absolute atomic E-state index is 12.5. The normalized spacial score (nSPS) is 14.7. The van der Waals surface area contributed by atoms with Gasteiger partial charge in [-0.2, -0.15) is 0 Å². The molecule has 1 aliphatic rings. The molecule has 9 heteroatoms. The molecular weight excluding hydrogens is 344 g/mol. The number of piperidine rings is 1. The molecule has 9 nitrogen and oxygen atoms in total. The van der Waals surface area contributed by atoms with Crippen molar-refractivity contribution in [1.29, 1.82) is 0 Å². The van der Waals surface area contributed by atoms with Gasteiger partial charge in [0.2, 0.25) is 5.95 Å². The number of nitrogens with one attached hydrogen (secondary N) is 1. The predicted octanol–water partition coefficient (Wildman–Crippen LogP) is 1.82. The van der Waals surface area contributed by atoms with E-state index < -0.39 is 0 Å². The largest absolute Gasteiger partial charge is 0.337 e. The Morgan fingerprint density at radius 3 is 2.56 bits per heavy atom. The lowest BCUT2D eigenvalue weighted by atomic mass is 9.93. The molecule has 0 radical (unpaired) electrons. The summed E-state index contributed by atoms with van der Waals surface area (Å²) in [6, 6.07) is 1.93. The van der Waals surface area contributed by atoms with Gasteiger partial charge in [0.15, 0.2) is 0 Å². The van der Waals surface area contributed by atoms with Crippen LogP contribution >= 0.6 is 0 Å². The molecule has 3 aromatic rings. The summed E-state index contributed by atoms with van der Waals surface area (Å²) >= 11 is 0. The zero-order chi connectivity index (χ0) is 18.5. The standard InChI is InChI=1S/C18H18N8O/c27-17(16-11-19-5-6-22-16)26-7-2-13(3-8-26)15-1-4-23-18(25-15)24-14-9-20-12-21-10-14/h1,4-6,9-13H,2-3,7-8H2,(H,23,24,25). The van der Waals surface area contributed by atoms with E-state index in [1.54, 1.807) is 24.8 Å². The number of amides is 1. The lowest BCUT2D eigenvalue weighted by Gasteiger charge is -2.31. The Kier molecular flexibility index (Phi) is 4.91. The van der Waals surface area contributed by atoms with Crippen molar-refractivity contribution in [1.82, 2.24) is 34.8 Å². The average molecular weight is 362 g/mol.